The Labute approximate surface area is 164 Å². The zero-order valence-electron chi connectivity index (χ0n) is 15.9. The minimum atomic E-state index is -0.139. The maximum atomic E-state index is 11.8. The Morgan fingerprint density at radius 1 is 1.04 bits per heavy atom. The zero-order valence-corrected chi connectivity index (χ0v) is 15.9. The molecule has 3 aromatic rings. The fourth-order valence-corrected chi connectivity index (χ4v) is 3.51. The summed E-state index contributed by atoms with van der Waals surface area (Å²) in [5.74, 6) is 1.79. The van der Waals surface area contributed by atoms with Gasteiger partial charge < -0.3 is 14.6 Å². The highest BCUT2D eigenvalue weighted by Gasteiger charge is 2.17. The van der Waals surface area contributed by atoms with E-state index in [1.165, 1.54) is 6.33 Å². The molecule has 2 aromatic heterocycles. The average molecular weight is 379 g/mol. The van der Waals surface area contributed by atoms with E-state index in [9.17, 15) is 4.79 Å². The summed E-state index contributed by atoms with van der Waals surface area (Å²) in [6, 6.07) is 11.5. The molecule has 3 heterocycles. The number of pyridine rings is 1. The van der Waals surface area contributed by atoms with Crippen LogP contribution in [0.5, 0.6) is 5.75 Å². The summed E-state index contributed by atoms with van der Waals surface area (Å²) in [4.78, 5) is 27.8. The number of rotatable bonds is 7. The van der Waals surface area contributed by atoms with Gasteiger partial charge in [0.15, 0.2) is 0 Å². The number of hydrogen-bond donors (Lipinski definition) is 1. The first-order valence-corrected chi connectivity index (χ1v) is 9.78. The van der Waals surface area contributed by atoms with Crippen LogP contribution in [0, 0.1) is 0 Å². The number of piperazine rings is 1. The number of nitrogens with zero attached hydrogens (tertiary/aromatic N) is 4. The Balaban J connectivity index is 1.17. The Morgan fingerprint density at radius 2 is 1.93 bits per heavy atom. The summed E-state index contributed by atoms with van der Waals surface area (Å²) >= 11 is 0. The summed E-state index contributed by atoms with van der Waals surface area (Å²) in [6.45, 7) is 5.91. The van der Waals surface area contributed by atoms with E-state index < -0.39 is 0 Å². The zero-order chi connectivity index (χ0) is 19.2. The van der Waals surface area contributed by atoms with Gasteiger partial charge in [-0.1, -0.05) is 6.07 Å². The monoisotopic (exact) mass is 379 g/mol. The Kier molecular flexibility index (Phi) is 5.82. The highest BCUT2D eigenvalue weighted by Crippen LogP contribution is 2.17. The van der Waals surface area contributed by atoms with E-state index in [1.54, 1.807) is 6.07 Å². The first-order valence-electron chi connectivity index (χ1n) is 9.78. The predicted molar refractivity (Wildman–Crippen MR) is 110 cm³/mol. The van der Waals surface area contributed by atoms with Crippen LogP contribution in [-0.4, -0.2) is 59.2 Å². The van der Waals surface area contributed by atoms with Crippen molar-refractivity contribution in [2.75, 3.05) is 44.2 Å². The van der Waals surface area contributed by atoms with Gasteiger partial charge in [-0.3, -0.25) is 9.69 Å². The van der Waals surface area contributed by atoms with Gasteiger partial charge >= 0.3 is 0 Å². The number of hydrogen-bond acceptors (Lipinski definition) is 6. The molecule has 0 atom stereocenters. The number of benzene rings is 1. The molecule has 1 saturated heterocycles. The largest absolute Gasteiger partial charge is 0.494 e. The van der Waals surface area contributed by atoms with E-state index in [1.807, 2.05) is 30.5 Å². The molecule has 146 valence electrons. The van der Waals surface area contributed by atoms with Crippen molar-refractivity contribution in [2.24, 2.45) is 0 Å². The molecule has 0 unspecified atom stereocenters. The van der Waals surface area contributed by atoms with Gasteiger partial charge in [0.2, 0.25) is 0 Å². The van der Waals surface area contributed by atoms with Crippen LogP contribution < -0.4 is 15.2 Å². The maximum absolute atomic E-state index is 11.8. The normalized spacial score (nSPS) is 15.1. The highest BCUT2D eigenvalue weighted by molar-refractivity contribution is 5.78. The van der Waals surface area contributed by atoms with E-state index in [0.29, 0.717) is 17.5 Å². The third-order valence-corrected chi connectivity index (χ3v) is 5.09. The molecule has 1 aliphatic rings. The van der Waals surface area contributed by atoms with Crippen molar-refractivity contribution >= 4 is 16.7 Å². The summed E-state index contributed by atoms with van der Waals surface area (Å²) in [6.07, 6.45) is 5.35. The van der Waals surface area contributed by atoms with Gasteiger partial charge in [-0.15, -0.1) is 0 Å². The fraction of sp³-hybridized carbons (Fsp3) is 0.381. The van der Waals surface area contributed by atoms with Crippen molar-refractivity contribution in [3.63, 3.8) is 0 Å². The minimum Gasteiger partial charge on any atom is -0.494 e. The first-order chi connectivity index (χ1) is 13.8. The lowest BCUT2D eigenvalue weighted by Gasteiger charge is -2.35. The van der Waals surface area contributed by atoms with Crippen LogP contribution in [0.25, 0.3) is 10.9 Å². The Hall–Kier alpha value is -2.93. The van der Waals surface area contributed by atoms with Gasteiger partial charge in [-0.2, -0.15) is 0 Å². The van der Waals surface area contributed by atoms with Gasteiger partial charge in [0.05, 0.1) is 23.8 Å². The van der Waals surface area contributed by atoms with Gasteiger partial charge in [-0.25, -0.2) is 9.97 Å². The van der Waals surface area contributed by atoms with E-state index in [0.717, 1.165) is 57.1 Å². The maximum Gasteiger partial charge on any atom is 0.258 e. The second kappa shape index (κ2) is 8.84. The molecule has 0 saturated carbocycles. The van der Waals surface area contributed by atoms with E-state index in [-0.39, 0.29) is 5.56 Å². The van der Waals surface area contributed by atoms with Crippen molar-refractivity contribution < 1.29 is 4.74 Å². The van der Waals surface area contributed by atoms with Crippen LogP contribution in [0.1, 0.15) is 12.8 Å². The summed E-state index contributed by atoms with van der Waals surface area (Å²) in [7, 11) is 0. The molecular weight excluding hydrogens is 354 g/mol. The lowest BCUT2D eigenvalue weighted by atomic mass is 10.2. The summed E-state index contributed by atoms with van der Waals surface area (Å²) in [5.41, 5.74) is 0.543. The highest BCUT2D eigenvalue weighted by atomic mass is 16.5. The van der Waals surface area contributed by atoms with Crippen LogP contribution in [0.2, 0.25) is 0 Å². The first kappa shape index (κ1) is 18.4. The van der Waals surface area contributed by atoms with Crippen LogP contribution in [0.3, 0.4) is 0 Å². The average Bonchev–Trinajstić information content (AvgIpc) is 2.75. The fourth-order valence-electron chi connectivity index (χ4n) is 3.51. The molecule has 1 aromatic carbocycles. The third kappa shape index (κ3) is 4.48. The number of aromatic amines is 1. The SMILES string of the molecule is O=c1[nH]cnc2ccc(OCCCCN3CCN(c4ccccn4)CC3)cc12. The van der Waals surface area contributed by atoms with Crippen molar-refractivity contribution in [1.82, 2.24) is 19.9 Å². The lowest BCUT2D eigenvalue weighted by molar-refractivity contribution is 0.238. The number of anilines is 1. The van der Waals surface area contributed by atoms with Gasteiger partial charge in [0.25, 0.3) is 5.56 Å². The molecule has 28 heavy (non-hydrogen) atoms. The molecule has 1 fully saturated rings. The topological polar surface area (TPSA) is 74.4 Å². The second-order valence-electron chi connectivity index (χ2n) is 6.98. The molecule has 0 bridgehead atoms. The van der Waals surface area contributed by atoms with Crippen molar-refractivity contribution in [1.29, 1.82) is 0 Å². The number of H-pyrrole nitrogens is 1. The third-order valence-electron chi connectivity index (χ3n) is 5.09. The van der Waals surface area contributed by atoms with Crippen LogP contribution in [0.15, 0.2) is 53.7 Å². The molecule has 4 rings (SSSR count). The Morgan fingerprint density at radius 3 is 2.75 bits per heavy atom. The summed E-state index contributed by atoms with van der Waals surface area (Å²) < 4.78 is 5.82. The van der Waals surface area contributed by atoms with Gasteiger partial charge in [0.1, 0.15) is 11.6 Å². The number of aromatic nitrogens is 3. The summed E-state index contributed by atoms with van der Waals surface area (Å²) in [5, 5.41) is 0.561. The standard InChI is InChI=1S/C21H25N5O2/c27-21-18-15-17(6-7-19(18)23-16-24-21)28-14-4-3-9-25-10-12-26(13-11-25)20-5-1-2-8-22-20/h1-2,5-8,15-16H,3-4,9-14H2,(H,23,24,27). The molecule has 0 radical (unpaired) electrons. The lowest BCUT2D eigenvalue weighted by Crippen LogP contribution is -2.46. The molecule has 1 aliphatic heterocycles. The number of unbranched alkanes of at least 4 members (excludes halogenated alkanes) is 1. The van der Waals surface area contributed by atoms with Crippen molar-refractivity contribution in [2.45, 2.75) is 12.8 Å². The molecule has 0 aliphatic carbocycles. The van der Waals surface area contributed by atoms with Crippen molar-refractivity contribution in [3.8, 4) is 5.75 Å². The molecule has 1 N–H and O–H groups in total. The van der Waals surface area contributed by atoms with Crippen LogP contribution in [-0.2, 0) is 0 Å². The predicted octanol–water partition coefficient (Wildman–Crippen LogP) is 2.30. The Bertz CT molecular complexity index is 952. The van der Waals surface area contributed by atoms with Crippen LogP contribution in [0.4, 0.5) is 5.82 Å². The molecule has 0 amide bonds. The van der Waals surface area contributed by atoms with E-state index in [4.69, 9.17) is 4.74 Å². The van der Waals surface area contributed by atoms with E-state index >= 15 is 0 Å². The number of nitrogens with one attached hydrogen (secondary N) is 1. The van der Waals surface area contributed by atoms with Gasteiger partial charge in [0, 0.05) is 32.4 Å². The smallest absolute Gasteiger partial charge is 0.258 e. The number of fused-ring (bicyclic) bond motifs is 1. The molecule has 7 heteroatoms. The molecular formula is C21H25N5O2. The second-order valence-corrected chi connectivity index (χ2v) is 6.98. The molecule has 7 nitrogen and oxygen atoms in total. The van der Waals surface area contributed by atoms with E-state index in [2.05, 4.69) is 30.8 Å². The molecule has 0 spiro atoms. The number of ether oxygens (including phenoxy) is 1. The minimum absolute atomic E-state index is 0.139. The van der Waals surface area contributed by atoms with Crippen molar-refractivity contribution in [3.05, 3.63) is 59.3 Å². The van der Waals surface area contributed by atoms with Gasteiger partial charge in [-0.05, 0) is 49.7 Å². The quantitative estimate of drug-likeness (QED) is 0.635. The van der Waals surface area contributed by atoms with Crippen LogP contribution >= 0.6 is 0 Å².